The number of methoxy groups -OCH3 is 1. The van der Waals surface area contributed by atoms with Crippen LogP contribution in [0.3, 0.4) is 0 Å². The lowest BCUT2D eigenvalue weighted by Crippen LogP contribution is -2.22. The van der Waals surface area contributed by atoms with Gasteiger partial charge < -0.3 is 14.6 Å². The lowest BCUT2D eigenvalue weighted by Gasteiger charge is -2.19. The third-order valence-electron chi connectivity index (χ3n) is 4.90. The largest absolute Gasteiger partial charge is 0.504 e. The third-order valence-corrected chi connectivity index (χ3v) is 4.90. The van der Waals surface area contributed by atoms with Gasteiger partial charge in [-0.05, 0) is 53.9 Å². The van der Waals surface area contributed by atoms with Gasteiger partial charge in [0, 0.05) is 17.7 Å². The second kappa shape index (κ2) is 8.19. The fraction of sp³-hybridized carbons (Fsp3) is 0.167. The molecule has 1 aliphatic rings. The summed E-state index contributed by atoms with van der Waals surface area (Å²) in [6.45, 7) is 0.881. The third kappa shape index (κ3) is 3.99. The Morgan fingerprint density at radius 3 is 2.55 bits per heavy atom. The van der Waals surface area contributed by atoms with Crippen molar-refractivity contribution >= 4 is 11.5 Å². The van der Waals surface area contributed by atoms with E-state index in [1.165, 1.54) is 0 Å². The molecule has 0 bridgehead atoms. The van der Waals surface area contributed by atoms with Crippen LogP contribution >= 0.6 is 0 Å². The molecule has 5 nitrogen and oxygen atoms in total. The fourth-order valence-corrected chi connectivity index (χ4v) is 3.34. The number of carbonyl (C=O) groups is 1. The number of Topliss-reactive ketones (excluding diaryl/α,β-unsaturated/α-hetero) is 1. The fourth-order valence-electron chi connectivity index (χ4n) is 3.34. The summed E-state index contributed by atoms with van der Waals surface area (Å²) in [5.74, 6) is 0.916. The van der Waals surface area contributed by atoms with Crippen LogP contribution in [-0.2, 0) is 13.0 Å². The van der Waals surface area contributed by atoms with Crippen molar-refractivity contribution in [3.63, 3.8) is 0 Å². The zero-order chi connectivity index (χ0) is 20.2. The van der Waals surface area contributed by atoms with Crippen LogP contribution in [0.4, 0.5) is 0 Å². The molecule has 0 saturated carbocycles. The number of carbonyl (C=O) groups excluding carboxylic acids is 1. The van der Waals surface area contributed by atoms with Crippen LogP contribution in [0.15, 0.2) is 71.7 Å². The number of ether oxygens (including phenoxy) is 2. The van der Waals surface area contributed by atoms with E-state index in [0.717, 1.165) is 11.1 Å². The molecule has 0 aromatic heterocycles. The second-order valence-corrected chi connectivity index (χ2v) is 6.79. The van der Waals surface area contributed by atoms with Crippen molar-refractivity contribution in [2.45, 2.75) is 13.0 Å². The number of phenolic OH excluding ortho intramolecular Hbond substituents is 1. The van der Waals surface area contributed by atoms with Gasteiger partial charge in [-0.15, -0.1) is 0 Å². The summed E-state index contributed by atoms with van der Waals surface area (Å²) in [6.07, 6.45) is 0.691. The molecule has 0 saturated heterocycles. The zero-order valence-electron chi connectivity index (χ0n) is 16.1. The number of rotatable bonds is 6. The smallest absolute Gasteiger partial charge is 0.211 e. The van der Waals surface area contributed by atoms with Crippen molar-refractivity contribution < 1.29 is 19.4 Å². The maximum absolute atomic E-state index is 13.0. The molecular formula is C24H21NO4. The predicted molar refractivity (Wildman–Crippen MR) is 111 cm³/mol. The van der Waals surface area contributed by atoms with E-state index in [2.05, 4.69) is 4.99 Å². The Kier molecular flexibility index (Phi) is 5.29. The molecule has 0 fully saturated rings. The molecule has 1 heterocycles. The van der Waals surface area contributed by atoms with Crippen LogP contribution in [-0.4, -0.2) is 30.3 Å². The van der Waals surface area contributed by atoms with Crippen LogP contribution in [0, 0.1) is 0 Å². The molecule has 0 unspecified atom stereocenters. The van der Waals surface area contributed by atoms with Gasteiger partial charge in [0.2, 0.25) is 5.78 Å². The highest BCUT2D eigenvalue weighted by Crippen LogP contribution is 2.33. The Hall–Kier alpha value is -3.60. The highest BCUT2D eigenvalue weighted by Gasteiger charge is 2.24. The maximum atomic E-state index is 13.0. The lowest BCUT2D eigenvalue weighted by molar-refractivity contribution is 0.106. The Morgan fingerprint density at radius 2 is 1.83 bits per heavy atom. The molecule has 1 aliphatic heterocycles. The number of aromatic hydroxyl groups is 1. The molecular weight excluding hydrogens is 366 g/mol. The number of nitrogens with zero attached hydrogens (tertiary/aromatic N) is 1. The van der Waals surface area contributed by atoms with Crippen molar-refractivity contribution in [3.05, 3.63) is 89.0 Å². The number of benzene rings is 3. The van der Waals surface area contributed by atoms with E-state index >= 15 is 0 Å². The van der Waals surface area contributed by atoms with Crippen molar-refractivity contribution in [2.75, 3.05) is 13.7 Å². The monoisotopic (exact) mass is 387 g/mol. The highest BCUT2D eigenvalue weighted by molar-refractivity contribution is 6.52. The molecule has 5 heteroatoms. The molecule has 0 atom stereocenters. The van der Waals surface area contributed by atoms with Crippen LogP contribution < -0.4 is 9.47 Å². The van der Waals surface area contributed by atoms with E-state index in [1.54, 1.807) is 37.4 Å². The average molecular weight is 387 g/mol. The van der Waals surface area contributed by atoms with Gasteiger partial charge in [-0.3, -0.25) is 9.79 Å². The summed E-state index contributed by atoms with van der Waals surface area (Å²) in [4.78, 5) is 17.4. The number of aliphatic imine (C=N–C) groups is 1. The second-order valence-electron chi connectivity index (χ2n) is 6.79. The first-order valence-electron chi connectivity index (χ1n) is 9.42. The first-order valence-corrected chi connectivity index (χ1v) is 9.42. The summed E-state index contributed by atoms with van der Waals surface area (Å²) in [7, 11) is 1.58. The van der Waals surface area contributed by atoms with Crippen molar-refractivity contribution in [3.8, 4) is 17.2 Å². The molecule has 3 aromatic carbocycles. The summed E-state index contributed by atoms with van der Waals surface area (Å²) < 4.78 is 11.0. The minimum absolute atomic E-state index is 0.00295. The van der Waals surface area contributed by atoms with Gasteiger partial charge in [-0.1, -0.05) is 30.3 Å². The van der Waals surface area contributed by atoms with E-state index in [1.807, 2.05) is 36.4 Å². The standard InChI is InChI=1S/C24H21NO4/c1-28-19-9-7-17(8-10-19)24(27)23-20-14-21(26)22(13-18(20)11-12-25-23)29-15-16-5-3-2-4-6-16/h2-10,13-14,26H,11-12,15H2,1H3. The summed E-state index contributed by atoms with van der Waals surface area (Å²) in [5, 5.41) is 10.5. The maximum Gasteiger partial charge on any atom is 0.211 e. The number of phenols is 1. The first kappa shape index (κ1) is 18.7. The van der Waals surface area contributed by atoms with Gasteiger partial charge in [0.15, 0.2) is 11.5 Å². The van der Waals surface area contributed by atoms with Gasteiger partial charge in [-0.25, -0.2) is 0 Å². The zero-order valence-corrected chi connectivity index (χ0v) is 16.1. The molecule has 0 radical (unpaired) electrons. The number of hydrogen-bond donors (Lipinski definition) is 1. The molecule has 0 spiro atoms. The quantitative estimate of drug-likeness (QED) is 0.644. The lowest BCUT2D eigenvalue weighted by atomic mass is 9.92. The number of fused-ring (bicyclic) bond motifs is 1. The normalized spacial score (nSPS) is 12.7. The minimum atomic E-state index is -0.175. The van der Waals surface area contributed by atoms with Gasteiger partial charge in [0.1, 0.15) is 18.1 Å². The van der Waals surface area contributed by atoms with Crippen LogP contribution in [0.2, 0.25) is 0 Å². The molecule has 4 rings (SSSR count). The van der Waals surface area contributed by atoms with E-state index in [0.29, 0.717) is 47.9 Å². The minimum Gasteiger partial charge on any atom is -0.504 e. The Labute approximate surface area is 169 Å². The Balaban J connectivity index is 1.58. The van der Waals surface area contributed by atoms with Gasteiger partial charge >= 0.3 is 0 Å². The predicted octanol–water partition coefficient (Wildman–Crippen LogP) is 4.21. The summed E-state index contributed by atoms with van der Waals surface area (Å²) in [6, 6.07) is 20.1. The van der Waals surface area contributed by atoms with Crippen LogP contribution in [0.1, 0.15) is 27.0 Å². The van der Waals surface area contributed by atoms with Gasteiger partial charge in [-0.2, -0.15) is 0 Å². The van der Waals surface area contributed by atoms with Gasteiger partial charge in [0.25, 0.3) is 0 Å². The van der Waals surface area contributed by atoms with Crippen molar-refractivity contribution in [2.24, 2.45) is 4.99 Å². The topological polar surface area (TPSA) is 68.1 Å². The molecule has 0 amide bonds. The Morgan fingerprint density at radius 1 is 1.07 bits per heavy atom. The van der Waals surface area contributed by atoms with E-state index in [4.69, 9.17) is 9.47 Å². The molecule has 146 valence electrons. The Bertz CT molecular complexity index is 1060. The molecule has 29 heavy (non-hydrogen) atoms. The van der Waals surface area contributed by atoms with Crippen molar-refractivity contribution in [1.29, 1.82) is 0 Å². The SMILES string of the molecule is COc1ccc(C(=O)C2=NCCc3cc(OCc4ccccc4)c(O)cc32)cc1. The van der Waals surface area contributed by atoms with Gasteiger partial charge in [0.05, 0.1) is 7.11 Å². The highest BCUT2D eigenvalue weighted by atomic mass is 16.5. The van der Waals surface area contributed by atoms with Crippen LogP contribution in [0.25, 0.3) is 0 Å². The number of ketones is 1. The molecule has 0 aliphatic carbocycles. The molecule has 1 N–H and O–H groups in total. The van der Waals surface area contributed by atoms with E-state index in [-0.39, 0.29) is 11.5 Å². The first-order chi connectivity index (χ1) is 14.2. The van der Waals surface area contributed by atoms with Crippen molar-refractivity contribution in [1.82, 2.24) is 0 Å². The summed E-state index contributed by atoms with van der Waals surface area (Å²) >= 11 is 0. The van der Waals surface area contributed by atoms with E-state index < -0.39 is 0 Å². The number of hydrogen-bond acceptors (Lipinski definition) is 5. The van der Waals surface area contributed by atoms with Crippen LogP contribution in [0.5, 0.6) is 17.2 Å². The average Bonchev–Trinajstić information content (AvgIpc) is 2.77. The molecule has 3 aromatic rings. The van der Waals surface area contributed by atoms with E-state index in [9.17, 15) is 9.90 Å². The summed E-state index contributed by atoms with van der Waals surface area (Å²) in [5.41, 5.74) is 3.50.